The van der Waals surface area contributed by atoms with Gasteiger partial charge in [0.15, 0.2) is 0 Å². The number of carbonyl (C=O) groups excluding carboxylic acids is 1. The quantitative estimate of drug-likeness (QED) is 0.278. The smallest absolute Gasteiger partial charge is 0.238 e. The Bertz CT molecular complexity index is 1650. The summed E-state index contributed by atoms with van der Waals surface area (Å²) in [5, 5.41) is 17.9. The molecule has 3 N–H and O–H groups in total. The topological polar surface area (TPSA) is 135 Å². The van der Waals surface area contributed by atoms with Crippen LogP contribution in [0.3, 0.4) is 0 Å². The van der Waals surface area contributed by atoms with E-state index in [0.717, 1.165) is 16.7 Å². The number of hydrogen-bond donors (Lipinski definition) is 2. The average Bonchev–Trinajstić information content (AvgIpc) is 2.93. The zero-order valence-electron chi connectivity index (χ0n) is 21.5. The number of aryl methyl sites for hydroxylation is 1. The number of amides is 1. The third kappa shape index (κ3) is 6.64. The summed E-state index contributed by atoms with van der Waals surface area (Å²) in [5.41, 5.74) is 4.95. The molecule has 0 saturated carbocycles. The number of nitriles is 1. The third-order valence-corrected chi connectivity index (χ3v) is 7.97. The van der Waals surface area contributed by atoms with E-state index in [1.165, 1.54) is 36.0 Å². The van der Waals surface area contributed by atoms with Crippen molar-refractivity contribution in [1.29, 1.82) is 5.26 Å². The summed E-state index contributed by atoms with van der Waals surface area (Å²) in [4.78, 5) is 17.7. The maximum absolute atomic E-state index is 13.0. The number of ether oxygens (including phenoxy) is 1. The zero-order chi connectivity index (χ0) is 28.2. The Balaban J connectivity index is 1.69. The highest BCUT2D eigenvalue weighted by atomic mass is 32.2. The summed E-state index contributed by atoms with van der Waals surface area (Å²) in [6, 6.07) is 25.1. The molecule has 39 heavy (non-hydrogen) atoms. The van der Waals surface area contributed by atoms with Gasteiger partial charge in [0.2, 0.25) is 15.9 Å². The molecule has 1 unspecified atom stereocenters. The molecule has 1 aromatic heterocycles. The SMILES string of the molecule is COc1ccc(-c2cc(-c3ccc(C)cc3)c(C#N)c(SC(C)C(=O)Nc3ccc(S(N)(=O)=O)cc3)n2)cc1. The molecular weight excluding hydrogens is 532 g/mol. The maximum atomic E-state index is 13.0. The van der Waals surface area contributed by atoms with Crippen LogP contribution in [0, 0.1) is 18.3 Å². The second-order valence-electron chi connectivity index (χ2n) is 8.76. The molecule has 0 saturated heterocycles. The molecule has 1 atom stereocenters. The predicted octanol–water partition coefficient (Wildman–Crippen LogP) is 5.37. The van der Waals surface area contributed by atoms with E-state index in [2.05, 4.69) is 11.4 Å². The lowest BCUT2D eigenvalue weighted by Gasteiger charge is -2.16. The molecule has 0 radical (unpaired) electrons. The summed E-state index contributed by atoms with van der Waals surface area (Å²) in [7, 11) is -2.24. The number of hydrogen-bond acceptors (Lipinski definition) is 7. The fourth-order valence-electron chi connectivity index (χ4n) is 3.78. The molecule has 0 spiro atoms. The van der Waals surface area contributed by atoms with Crippen LogP contribution in [0.2, 0.25) is 0 Å². The van der Waals surface area contributed by atoms with Gasteiger partial charge >= 0.3 is 0 Å². The van der Waals surface area contributed by atoms with Gasteiger partial charge in [0.05, 0.1) is 28.5 Å². The number of methoxy groups -OCH3 is 1. The number of anilines is 1. The molecule has 0 bridgehead atoms. The monoisotopic (exact) mass is 558 g/mol. The largest absolute Gasteiger partial charge is 0.497 e. The molecule has 8 nitrogen and oxygen atoms in total. The second-order valence-corrected chi connectivity index (χ2v) is 11.7. The van der Waals surface area contributed by atoms with Crippen LogP contribution in [0.5, 0.6) is 5.75 Å². The standard InChI is InChI=1S/C29H26N4O4S2/c1-18-4-6-20(7-5-18)25-16-27(21-8-12-23(37-3)13-9-21)33-29(26(25)17-30)38-19(2)28(34)32-22-10-14-24(15-11-22)39(31,35)36/h4-16,19H,1-3H3,(H,32,34)(H2,31,35,36). The summed E-state index contributed by atoms with van der Waals surface area (Å²) >= 11 is 1.17. The minimum Gasteiger partial charge on any atom is -0.497 e. The Hall–Kier alpha value is -4.17. The highest BCUT2D eigenvalue weighted by Crippen LogP contribution is 2.36. The Labute approximate surface area is 231 Å². The number of nitrogens with two attached hydrogens (primary N) is 1. The fourth-order valence-corrected chi connectivity index (χ4v) is 5.22. The van der Waals surface area contributed by atoms with Crippen LogP contribution in [0.15, 0.2) is 88.8 Å². The van der Waals surface area contributed by atoms with Crippen LogP contribution in [-0.4, -0.2) is 31.7 Å². The van der Waals surface area contributed by atoms with Gasteiger partial charge in [-0.25, -0.2) is 18.5 Å². The van der Waals surface area contributed by atoms with Crippen molar-refractivity contribution in [2.45, 2.75) is 29.0 Å². The Morgan fingerprint density at radius 1 is 1.03 bits per heavy atom. The number of nitrogens with one attached hydrogen (secondary N) is 1. The Morgan fingerprint density at radius 3 is 2.21 bits per heavy atom. The van der Waals surface area contributed by atoms with E-state index in [0.29, 0.717) is 33.3 Å². The lowest BCUT2D eigenvalue weighted by molar-refractivity contribution is -0.115. The van der Waals surface area contributed by atoms with Gasteiger partial charge in [-0.2, -0.15) is 5.26 Å². The first-order chi connectivity index (χ1) is 18.6. The number of benzene rings is 3. The van der Waals surface area contributed by atoms with Crippen LogP contribution in [0.1, 0.15) is 18.1 Å². The van der Waals surface area contributed by atoms with Gasteiger partial charge in [0.1, 0.15) is 16.8 Å². The molecule has 0 fully saturated rings. The van der Waals surface area contributed by atoms with Gasteiger partial charge in [-0.1, -0.05) is 41.6 Å². The van der Waals surface area contributed by atoms with E-state index in [1.54, 1.807) is 14.0 Å². The first kappa shape index (κ1) is 27.9. The number of carbonyl (C=O) groups is 1. The Morgan fingerprint density at radius 2 is 1.64 bits per heavy atom. The van der Waals surface area contributed by atoms with Gasteiger partial charge in [-0.05, 0) is 74.0 Å². The van der Waals surface area contributed by atoms with Crippen molar-refractivity contribution in [2.75, 3.05) is 12.4 Å². The van der Waals surface area contributed by atoms with Gasteiger partial charge in [-0.3, -0.25) is 4.79 Å². The van der Waals surface area contributed by atoms with Crippen molar-refractivity contribution in [2.24, 2.45) is 5.14 Å². The third-order valence-electron chi connectivity index (χ3n) is 5.95. The number of rotatable bonds is 8. The molecule has 3 aromatic carbocycles. The molecule has 4 rings (SSSR count). The number of pyridine rings is 1. The van der Waals surface area contributed by atoms with Gasteiger partial charge in [-0.15, -0.1) is 0 Å². The second kappa shape index (κ2) is 11.7. The molecular formula is C29H26N4O4S2. The van der Waals surface area contributed by atoms with Gasteiger partial charge in [0.25, 0.3) is 0 Å². The minimum absolute atomic E-state index is 0.0511. The zero-order valence-corrected chi connectivity index (χ0v) is 23.1. The van der Waals surface area contributed by atoms with Crippen molar-refractivity contribution in [1.82, 2.24) is 4.98 Å². The first-order valence-electron chi connectivity index (χ1n) is 11.9. The van der Waals surface area contributed by atoms with Gasteiger partial charge in [0, 0.05) is 16.8 Å². The van der Waals surface area contributed by atoms with E-state index in [4.69, 9.17) is 14.9 Å². The highest BCUT2D eigenvalue weighted by molar-refractivity contribution is 8.00. The number of thioether (sulfide) groups is 1. The number of aromatic nitrogens is 1. The molecule has 0 aliphatic rings. The van der Waals surface area contributed by atoms with E-state index < -0.39 is 15.3 Å². The molecule has 1 heterocycles. The van der Waals surface area contributed by atoms with E-state index in [9.17, 15) is 18.5 Å². The molecule has 0 aliphatic carbocycles. The summed E-state index contributed by atoms with van der Waals surface area (Å²) in [6.45, 7) is 3.71. The molecule has 4 aromatic rings. The Kier molecular flexibility index (Phi) is 8.35. The molecule has 0 aliphatic heterocycles. The molecule has 198 valence electrons. The van der Waals surface area contributed by atoms with Crippen LogP contribution >= 0.6 is 11.8 Å². The van der Waals surface area contributed by atoms with Crippen LogP contribution in [0.25, 0.3) is 22.4 Å². The van der Waals surface area contributed by atoms with Crippen LogP contribution in [-0.2, 0) is 14.8 Å². The molecule has 1 amide bonds. The molecule has 10 heteroatoms. The average molecular weight is 559 g/mol. The lowest BCUT2D eigenvalue weighted by Crippen LogP contribution is -2.22. The highest BCUT2D eigenvalue weighted by Gasteiger charge is 2.22. The van der Waals surface area contributed by atoms with Crippen molar-refractivity contribution >= 4 is 33.4 Å². The lowest BCUT2D eigenvalue weighted by atomic mass is 9.98. The normalized spacial score (nSPS) is 11.9. The number of nitrogens with zero attached hydrogens (tertiary/aromatic N) is 2. The predicted molar refractivity (Wildman–Crippen MR) is 153 cm³/mol. The van der Waals surface area contributed by atoms with Crippen molar-refractivity contribution in [3.8, 4) is 34.2 Å². The number of sulfonamides is 1. The van der Waals surface area contributed by atoms with E-state index in [1.807, 2.05) is 61.5 Å². The summed E-state index contributed by atoms with van der Waals surface area (Å²) < 4.78 is 28.3. The van der Waals surface area contributed by atoms with Crippen molar-refractivity contribution in [3.05, 3.63) is 90.0 Å². The van der Waals surface area contributed by atoms with E-state index in [-0.39, 0.29) is 10.8 Å². The summed E-state index contributed by atoms with van der Waals surface area (Å²) in [6.07, 6.45) is 0. The van der Waals surface area contributed by atoms with Gasteiger partial charge < -0.3 is 10.1 Å². The minimum atomic E-state index is -3.84. The van der Waals surface area contributed by atoms with Crippen molar-refractivity contribution < 1.29 is 17.9 Å². The maximum Gasteiger partial charge on any atom is 0.238 e. The fraction of sp³-hybridized carbons (Fsp3) is 0.138. The number of primary sulfonamides is 1. The van der Waals surface area contributed by atoms with Crippen LogP contribution < -0.4 is 15.2 Å². The first-order valence-corrected chi connectivity index (χ1v) is 14.3. The van der Waals surface area contributed by atoms with Crippen LogP contribution in [0.4, 0.5) is 5.69 Å². The summed E-state index contributed by atoms with van der Waals surface area (Å²) in [5.74, 6) is 0.379. The van der Waals surface area contributed by atoms with E-state index >= 15 is 0 Å². The van der Waals surface area contributed by atoms with Crippen molar-refractivity contribution in [3.63, 3.8) is 0 Å².